The minimum absolute atomic E-state index is 0.0877. The Hall–Kier alpha value is -1.88. The summed E-state index contributed by atoms with van der Waals surface area (Å²) in [6.07, 6.45) is 3.97. The zero-order chi connectivity index (χ0) is 17.8. The summed E-state index contributed by atoms with van der Waals surface area (Å²) in [4.78, 5) is 17.2. The molecule has 5 heteroatoms. The largest absolute Gasteiger partial charge is 0.346 e. The van der Waals surface area contributed by atoms with E-state index in [0.29, 0.717) is 18.4 Å². The number of carbonyl (C=O) groups excluding carboxylic acids is 1. The van der Waals surface area contributed by atoms with Crippen LogP contribution in [0, 0.1) is 5.92 Å². The Kier molecular flexibility index (Phi) is 5.74. The molecule has 1 aliphatic heterocycles. The van der Waals surface area contributed by atoms with Crippen LogP contribution in [0.25, 0.3) is 11.0 Å². The van der Waals surface area contributed by atoms with Gasteiger partial charge in [-0.05, 0) is 71.2 Å². The van der Waals surface area contributed by atoms with Gasteiger partial charge in [-0.2, -0.15) is 0 Å². The lowest BCUT2D eigenvalue weighted by atomic mass is 9.93. The summed E-state index contributed by atoms with van der Waals surface area (Å²) in [5.74, 6) is 1.75. The van der Waals surface area contributed by atoms with Gasteiger partial charge >= 0.3 is 0 Å². The zero-order valence-corrected chi connectivity index (χ0v) is 15.6. The molecule has 1 aromatic carbocycles. The molecular weight excluding hydrogens is 312 g/mol. The average molecular weight is 342 g/mol. The number of carbonyl (C=O) groups is 1. The van der Waals surface area contributed by atoms with Gasteiger partial charge in [0.15, 0.2) is 0 Å². The van der Waals surface area contributed by atoms with Gasteiger partial charge in [-0.1, -0.05) is 12.1 Å². The van der Waals surface area contributed by atoms with E-state index in [0.717, 1.165) is 36.4 Å². The van der Waals surface area contributed by atoms with E-state index in [1.54, 1.807) is 0 Å². The van der Waals surface area contributed by atoms with Crippen LogP contribution in [0.2, 0.25) is 0 Å². The summed E-state index contributed by atoms with van der Waals surface area (Å²) in [6.45, 7) is 8.51. The molecule has 1 aliphatic rings. The van der Waals surface area contributed by atoms with Crippen LogP contribution >= 0.6 is 0 Å². The second-order valence-corrected chi connectivity index (χ2v) is 7.44. The lowest BCUT2D eigenvalue weighted by Crippen LogP contribution is -2.31. The van der Waals surface area contributed by atoms with Crippen LogP contribution in [0.15, 0.2) is 24.3 Å². The summed E-state index contributed by atoms with van der Waals surface area (Å²) in [6, 6.07) is 8.38. The Morgan fingerprint density at radius 3 is 2.72 bits per heavy atom. The van der Waals surface area contributed by atoms with Crippen molar-refractivity contribution >= 4 is 16.9 Å². The first-order valence-electron chi connectivity index (χ1n) is 9.53. The molecule has 2 heterocycles. The summed E-state index contributed by atoms with van der Waals surface area (Å²) < 4.78 is 2.23. The van der Waals surface area contributed by atoms with E-state index in [2.05, 4.69) is 35.1 Å². The second-order valence-electron chi connectivity index (χ2n) is 7.44. The summed E-state index contributed by atoms with van der Waals surface area (Å²) in [7, 11) is 0. The van der Waals surface area contributed by atoms with E-state index < -0.39 is 0 Å². The van der Waals surface area contributed by atoms with Crippen molar-refractivity contribution in [3.8, 4) is 0 Å². The molecule has 0 spiro atoms. The average Bonchev–Trinajstić information content (AvgIpc) is 3.01. The molecular formula is C20H30N4O. The Bertz CT molecular complexity index is 716. The molecule has 2 N–H and O–H groups in total. The molecule has 1 fully saturated rings. The number of piperidine rings is 1. The van der Waals surface area contributed by atoms with E-state index in [1.807, 2.05) is 25.1 Å². The number of imidazole rings is 1. The molecule has 0 bridgehead atoms. The molecule has 1 amide bonds. The van der Waals surface area contributed by atoms with Crippen LogP contribution in [0.3, 0.4) is 0 Å². The van der Waals surface area contributed by atoms with Crippen LogP contribution in [0.1, 0.15) is 64.4 Å². The van der Waals surface area contributed by atoms with Gasteiger partial charge in [-0.3, -0.25) is 4.79 Å². The van der Waals surface area contributed by atoms with E-state index in [9.17, 15) is 4.79 Å². The third kappa shape index (κ3) is 4.21. The Balaban J connectivity index is 1.66. The van der Waals surface area contributed by atoms with Gasteiger partial charge < -0.3 is 15.2 Å². The molecule has 25 heavy (non-hydrogen) atoms. The Morgan fingerprint density at radius 1 is 1.28 bits per heavy atom. The van der Waals surface area contributed by atoms with Gasteiger partial charge in [0.2, 0.25) is 5.91 Å². The fourth-order valence-electron chi connectivity index (χ4n) is 3.80. The highest BCUT2D eigenvalue weighted by Crippen LogP contribution is 2.25. The molecule has 1 atom stereocenters. The predicted molar refractivity (Wildman–Crippen MR) is 102 cm³/mol. The maximum Gasteiger partial charge on any atom is 0.220 e. The normalized spacial score (nSPS) is 17.1. The molecule has 2 aromatic rings. The molecule has 5 nitrogen and oxygen atoms in total. The first kappa shape index (κ1) is 17.9. The molecule has 0 radical (unpaired) electrons. The number of rotatable bonds is 6. The van der Waals surface area contributed by atoms with Crippen LogP contribution < -0.4 is 10.6 Å². The first-order chi connectivity index (χ1) is 12.1. The Morgan fingerprint density at radius 2 is 2.00 bits per heavy atom. The smallest absolute Gasteiger partial charge is 0.220 e. The van der Waals surface area contributed by atoms with Gasteiger partial charge in [-0.15, -0.1) is 0 Å². The van der Waals surface area contributed by atoms with Crippen molar-refractivity contribution in [3.05, 3.63) is 30.1 Å². The third-order valence-corrected chi connectivity index (χ3v) is 5.14. The number of fused-ring (bicyclic) bond motifs is 1. The number of benzene rings is 1. The topological polar surface area (TPSA) is 59.0 Å². The number of amides is 1. The van der Waals surface area contributed by atoms with Crippen molar-refractivity contribution in [2.24, 2.45) is 5.92 Å². The third-order valence-electron chi connectivity index (χ3n) is 5.14. The molecule has 0 aliphatic carbocycles. The highest BCUT2D eigenvalue weighted by molar-refractivity contribution is 5.78. The quantitative estimate of drug-likeness (QED) is 0.844. The highest BCUT2D eigenvalue weighted by atomic mass is 16.1. The van der Waals surface area contributed by atoms with Crippen molar-refractivity contribution < 1.29 is 4.79 Å². The van der Waals surface area contributed by atoms with Crippen LogP contribution in [0.4, 0.5) is 0 Å². The molecule has 1 saturated heterocycles. The lowest BCUT2D eigenvalue weighted by Gasteiger charge is -2.23. The van der Waals surface area contributed by atoms with Gasteiger partial charge in [0.05, 0.1) is 17.1 Å². The number of nitrogens with zero attached hydrogens (tertiary/aromatic N) is 2. The molecule has 136 valence electrons. The number of para-hydroxylation sites is 2. The van der Waals surface area contributed by atoms with Crippen molar-refractivity contribution in [1.29, 1.82) is 0 Å². The fraction of sp³-hybridized carbons (Fsp3) is 0.600. The standard InChI is InChI=1S/C20H30N4O/c1-14(2)24-18-7-5-4-6-17(18)23-20(24)15(3)22-19(25)9-8-16-10-12-21-13-11-16/h4-7,14-16,21H,8-13H2,1-3H3,(H,22,25). The maximum atomic E-state index is 12.4. The summed E-state index contributed by atoms with van der Waals surface area (Å²) in [5.41, 5.74) is 2.12. The van der Waals surface area contributed by atoms with Gasteiger partial charge in [0.1, 0.15) is 5.82 Å². The van der Waals surface area contributed by atoms with Crippen molar-refractivity contribution in [3.63, 3.8) is 0 Å². The lowest BCUT2D eigenvalue weighted by molar-refractivity contribution is -0.122. The van der Waals surface area contributed by atoms with E-state index >= 15 is 0 Å². The first-order valence-corrected chi connectivity index (χ1v) is 9.53. The fourth-order valence-corrected chi connectivity index (χ4v) is 3.80. The summed E-state index contributed by atoms with van der Waals surface area (Å²) >= 11 is 0. The number of hydrogen-bond acceptors (Lipinski definition) is 3. The summed E-state index contributed by atoms with van der Waals surface area (Å²) in [5, 5.41) is 6.53. The number of aromatic nitrogens is 2. The zero-order valence-electron chi connectivity index (χ0n) is 15.6. The van der Waals surface area contributed by atoms with Crippen molar-refractivity contribution in [2.75, 3.05) is 13.1 Å². The molecule has 1 aromatic heterocycles. The molecule has 1 unspecified atom stereocenters. The predicted octanol–water partition coefficient (Wildman–Crippen LogP) is 3.57. The van der Waals surface area contributed by atoms with Crippen molar-refractivity contribution in [2.45, 2.75) is 58.5 Å². The van der Waals surface area contributed by atoms with Gasteiger partial charge in [-0.25, -0.2) is 4.98 Å². The van der Waals surface area contributed by atoms with Crippen molar-refractivity contribution in [1.82, 2.24) is 20.2 Å². The van der Waals surface area contributed by atoms with Gasteiger partial charge in [0, 0.05) is 12.5 Å². The Labute approximate surface area is 150 Å². The van der Waals surface area contributed by atoms with Gasteiger partial charge in [0.25, 0.3) is 0 Å². The van der Waals surface area contributed by atoms with E-state index in [-0.39, 0.29) is 11.9 Å². The number of hydrogen-bond donors (Lipinski definition) is 2. The second kappa shape index (κ2) is 8.00. The minimum atomic E-state index is -0.0877. The minimum Gasteiger partial charge on any atom is -0.346 e. The molecule has 3 rings (SSSR count). The maximum absolute atomic E-state index is 12.4. The van der Waals surface area contributed by atoms with Crippen LogP contribution in [0.5, 0.6) is 0 Å². The van der Waals surface area contributed by atoms with E-state index in [4.69, 9.17) is 4.98 Å². The van der Waals surface area contributed by atoms with Crippen LogP contribution in [-0.4, -0.2) is 28.5 Å². The monoisotopic (exact) mass is 342 g/mol. The highest BCUT2D eigenvalue weighted by Gasteiger charge is 2.20. The number of nitrogens with one attached hydrogen (secondary N) is 2. The van der Waals surface area contributed by atoms with E-state index in [1.165, 1.54) is 12.8 Å². The molecule has 0 saturated carbocycles. The van der Waals surface area contributed by atoms with Crippen LogP contribution in [-0.2, 0) is 4.79 Å². The SMILES string of the molecule is CC(NC(=O)CCC1CCNCC1)c1nc2ccccc2n1C(C)C.